The van der Waals surface area contributed by atoms with Crippen LogP contribution in [-0.2, 0) is 12.8 Å². The summed E-state index contributed by atoms with van der Waals surface area (Å²) >= 11 is 7.52. The maximum Gasteiger partial charge on any atom is 0.288 e. The molecule has 1 aliphatic carbocycles. The lowest BCUT2D eigenvalue weighted by molar-refractivity contribution is -0.384. The third-order valence-corrected chi connectivity index (χ3v) is 5.57. The van der Waals surface area contributed by atoms with Crippen LogP contribution in [-0.4, -0.2) is 21.1 Å². The molecule has 0 aliphatic heterocycles. The van der Waals surface area contributed by atoms with Crippen molar-refractivity contribution in [2.24, 2.45) is 5.10 Å². The second-order valence-corrected chi connectivity index (χ2v) is 7.09. The van der Waals surface area contributed by atoms with Gasteiger partial charge < -0.3 is 0 Å². The zero-order chi connectivity index (χ0) is 17.4. The topological polar surface area (TPSA) is 93.3 Å². The summed E-state index contributed by atoms with van der Waals surface area (Å²) in [4.78, 5) is 21.4. The Morgan fingerprint density at radius 2 is 2.24 bits per heavy atom. The summed E-state index contributed by atoms with van der Waals surface area (Å²) in [5.74, 6) is 0.657. The normalized spacial score (nSPS) is 13.5. The zero-order valence-electron chi connectivity index (χ0n) is 12.9. The number of benzene rings is 1. The van der Waals surface area contributed by atoms with Crippen molar-refractivity contribution in [3.8, 4) is 0 Å². The van der Waals surface area contributed by atoms with Crippen LogP contribution in [0, 0.1) is 10.1 Å². The predicted molar refractivity (Wildman–Crippen MR) is 98.8 cm³/mol. The second kappa shape index (κ2) is 6.38. The van der Waals surface area contributed by atoms with Crippen molar-refractivity contribution >= 4 is 50.9 Å². The summed E-state index contributed by atoms with van der Waals surface area (Å²) in [6.45, 7) is 0. The summed E-state index contributed by atoms with van der Waals surface area (Å²) in [7, 11) is 0. The Morgan fingerprint density at radius 1 is 1.36 bits per heavy atom. The number of thiophene rings is 1. The number of aryl methyl sites for hydroxylation is 2. The molecule has 126 valence electrons. The predicted octanol–water partition coefficient (Wildman–Crippen LogP) is 4.19. The molecule has 9 heteroatoms. The number of nitrogens with zero attached hydrogens (tertiary/aromatic N) is 4. The molecule has 0 unspecified atom stereocenters. The van der Waals surface area contributed by atoms with Gasteiger partial charge >= 0.3 is 0 Å². The minimum atomic E-state index is -0.518. The number of nitro groups is 1. The largest absolute Gasteiger partial charge is 0.288 e. The Hall–Kier alpha value is -2.58. The molecule has 0 saturated carbocycles. The number of rotatable bonds is 4. The zero-order valence-corrected chi connectivity index (χ0v) is 14.5. The fraction of sp³-hybridized carbons (Fsp3) is 0.188. The molecule has 4 rings (SSSR count). The Labute approximate surface area is 151 Å². The Morgan fingerprint density at radius 3 is 3.08 bits per heavy atom. The van der Waals surface area contributed by atoms with Crippen LogP contribution in [0.4, 0.5) is 11.5 Å². The van der Waals surface area contributed by atoms with E-state index < -0.39 is 4.92 Å². The van der Waals surface area contributed by atoms with Gasteiger partial charge in [0.1, 0.15) is 16.2 Å². The van der Waals surface area contributed by atoms with Crippen molar-refractivity contribution in [1.82, 2.24) is 9.97 Å². The highest BCUT2D eigenvalue weighted by molar-refractivity contribution is 7.19. The smallest absolute Gasteiger partial charge is 0.261 e. The van der Waals surface area contributed by atoms with Crippen LogP contribution in [0.1, 0.15) is 22.4 Å². The minimum Gasteiger partial charge on any atom is -0.261 e. The van der Waals surface area contributed by atoms with Crippen LogP contribution in [0.5, 0.6) is 0 Å². The number of nitro benzene ring substituents is 1. The van der Waals surface area contributed by atoms with Crippen LogP contribution >= 0.6 is 22.9 Å². The molecule has 2 aromatic heterocycles. The lowest BCUT2D eigenvalue weighted by atomic mass is 10.2. The van der Waals surface area contributed by atoms with Gasteiger partial charge in [0.25, 0.3) is 5.69 Å². The number of hydrogen-bond acceptors (Lipinski definition) is 7. The van der Waals surface area contributed by atoms with Gasteiger partial charge in [-0.25, -0.2) is 9.97 Å². The van der Waals surface area contributed by atoms with Crippen molar-refractivity contribution in [2.45, 2.75) is 19.3 Å². The molecule has 25 heavy (non-hydrogen) atoms. The molecule has 3 aromatic rings. The number of nitrogens with one attached hydrogen (secondary N) is 1. The highest BCUT2D eigenvalue weighted by atomic mass is 35.5. The molecule has 2 heterocycles. The monoisotopic (exact) mass is 373 g/mol. The van der Waals surface area contributed by atoms with E-state index in [0.717, 1.165) is 29.5 Å². The first-order valence-corrected chi connectivity index (χ1v) is 8.81. The van der Waals surface area contributed by atoms with E-state index in [1.54, 1.807) is 17.4 Å². The molecule has 0 radical (unpaired) electrons. The summed E-state index contributed by atoms with van der Waals surface area (Å²) in [6, 6.07) is 4.53. The molecular formula is C16H12ClN5O2S. The van der Waals surface area contributed by atoms with E-state index in [-0.39, 0.29) is 10.7 Å². The van der Waals surface area contributed by atoms with Crippen LogP contribution < -0.4 is 5.43 Å². The Kier molecular flexibility index (Phi) is 4.06. The van der Waals surface area contributed by atoms with Gasteiger partial charge in [-0.2, -0.15) is 5.10 Å². The fourth-order valence-corrected chi connectivity index (χ4v) is 4.35. The van der Waals surface area contributed by atoms with Crippen molar-refractivity contribution in [3.05, 3.63) is 55.7 Å². The minimum absolute atomic E-state index is 0.0986. The van der Waals surface area contributed by atoms with Gasteiger partial charge in [-0.05, 0) is 30.9 Å². The molecule has 1 aliphatic rings. The lowest BCUT2D eigenvalue weighted by Crippen LogP contribution is -1.97. The van der Waals surface area contributed by atoms with Crippen LogP contribution in [0.3, 0.4) is 0 Å². The van der Waals surface area contributed by atoms with Crippen LogP contribution in [0.15, 0.2) is 29.6 Å². The standard InChI is InChI=1S/C16H12ClN5O2S/c17-11-5-4-9(6-12(11)22(23)24)7-20-21-15-14-10-2-1-3-13(10)25-16(14)19-8-18-15/h4-8H,1-3H2,(H,18,19,21)/b20-7-. The van der Waals surface area contributed by atoms with E-state index in [1.165, 1.54) is 35.1 Å². The molecule has 0 fully saturated rings. The van der Waals surface area contributed by atoms with Gasteiger partial charge in [0, 0.05) is 16.5 Å². The molecule has 1 N–H and O–H groups in total. The first kappa shape index (κ1) is 15.9. The fourth-order valence-electron chi connectivity index (χ4n) is 2.93. The van der Waals surface area contributed by atoms with E-state index in [0.29, 0.717) is 11.4 Å². The van der Waals surface area contributed by atoms with Crippen molar-refractivity contribution < 1.29 is 4.92 Å². The van der Waals surface area contributed by atoms with Gasteiger partial charge in [0.05, 0.1) is 16.5 Å². The molecule has 7 nitrogen and oxygen atoms in total. The quantitative estimate of drug-likeness (QED) is 0.420. The Balaban J connectivity index is 1.62. The first-order valence-electron chi connectivity index (χ1n) is 7.62. The van der Waals surface area contributed by atoms with Gasteiger partial charge in [0.2, 0.25) is 0 Å². The highest BCUT2D eigenvalue weighted by Gasteiger charge is 2.21. The second-order valence-electron chi connectivity index (χ2n) is 5.60. The van der Waals surface area contributed by atoms with E-state index >= 15 is 0 Å². The van der Waals surface area contributed by atoms with E-state index in [2.05, 4.69) is 20.5 Å². The van der Waals surface area contributed by atoms with Gasteiger partial charge in [0.15, 0.2) is 5.82 Å². The summed E-state index contributed by atoms with van der Waals surface area (Å²) < 4.78 is 0. The van der Waals surface area contributed by atoms with E-state index in [9.17, 15) is 10.1 Å². The van der Waals surface area contributed by atoms with Crippen molar-refractivity contribution in [3.63, 3.8) is 0 Å². The number of hydrazone groups is 1. The number of aromatic nitrogens is 2. The number of halogens is 1. The van der Waals surface area contributed by atoms with Crippen LogP contribution in [0.2, 0.25) is 5.02 Å². The first-order chi connectivity index (χ1) is 12.1. The number of anilines is 1. The molecular weight excluding hydrogens is 362 g/mol. The average Bonchev–Trinajstić information content (AvgIpc) is 3.17. The van der Waals surface area contributed by atoms with Crippen molar-refractivity contribution in [1.29, 1.82) is 0 Å². The molecule has 0 amide bonds. The Bertz CT molecular complexity index is 1020. The molecule has 0 spiro atoms. The van der Waals surface area contributed by atoms with E-state index in [4.69, 9.17) is 11.6 Å². The van der Waals surface area contributed by atoms with E-state index in [1.807, 2.05) is 0 Å². The summed E-state index contributed by atoms with van der Waals surface area (Å²) in [6.07, 6.45) is 6.30. The molecule has 1 aromatic carbocycles. The van der Waals surface area contributed by atoms with Gasteiger partial charge in [-0.3, -0.25) is 15.5 Å². The third-order valence-electron chi connectivity index (χ3n) is 4.05. The summed E-state index contributed by atoms with van der Waals surface area (Å²) in [5.41, 5.74) is 4.67. The summed E-state index contributed by atoms with van der Waals surface area (Å²) in [5, 5.41) is 16.2. The lowest BCUT2D eigenvalue weighted by Gasteiger charge is -2.02. The number of hydrogen-bond donors (Lipinski definition) is 1. The molecule has 0 atom stereocenters. The highest BCUT2D eigenvalue weighted by Crippen LogP contribution is 2.38. The van der Waals surface area contributed by atoms with Crippen LogP contribution in [0.25, 0.3) is 10.2 Å². The SMILES string of the molecule is O=[N+]([O-])c1cc(/C=N\Nc2ncnc3sc4c(c23)CCC4)ccc1Cl. The third kappa shape index (κ3) is 2.94. The molecule has 0 bridgehead atoms. The maximum absolute atomic E-state index is 10.9. The van der Waals surface area contributed by atoms with Gasteiger partial charge in [-0.15, -0.1) is 11.3 Å². The van der Waals surface area contributed by atoms with Gasteiger partial charge in [-0.1, -0.05) is 17.7 Å². The molecule has 0 saturated heterocycles. The maximum atomic E-state index is 10.9. The average molecular weight is 374 g/mol. The van der Waals surface area contributed by atoms with Crippen molar-refractivity contribution in [2.75, 3.05) is 5.43 Å². The number of fused-ring (bicyclic) bond motifs is 3.